The lowest BCUT2D eigenvalue weighted by molar-refractivity contribution is -0.135. The third-order valence-electron chi connectivity index (χ3n) is 4.61. The van der Waals surface area contributed by atoms with Gasteiger partial charge < -0.3 is 15.4 Å². The molecule has 0 aliphatic carbocycles. The summed E-state index contributed by atoms with van der Waals surface area (Å²) in [6.07, 6.45) is 0. The number of anilines is 1. The fourth-order valence-corrected chi connectivity index (χ4v) is 3.89. The van der Waals surface area contributed by atoms with E-state index in [4.69, 9.17) is 10.5 Å². The van der Waals surface area contributed by atoms with E-state index in [0.717, 1.165) is 10.2 Å². The number of nitrogens with zero attached hydrogens (tertiary/aromatic N) is 3. The molecule has 1 spiro atoms. The molecule has 2 aliphatic heterocycles. The second kappa shape index (κ2) is 4.61. The summed E-state index contributed by atoms with van der Waals surface area (Å²) in [6.45, 7) is 1.79. The summed E-state index contributed by atoms with van der Waals surface area (Å²) in [5.74, 6) is -0.157. The van der Waals surface area contributed by atoms with Crippen LogP contribution in [0.4, 0.5) is 5.69 Å². The number of ether oxygens (including phenoxy) is 1. The molecular formula is C16H12BrN5O2. The number of esters is 1. The number of halogens is 1. The van der Waals surface area contributed by atoms with Gasteiger partial charge in [0.15, 0.2) is 5.41 Å². The van der Waals surface area contributed by atoms with Crippen molar-refractivity contribution in [3.63, 3.8) is 0 Å². The average molecular weight is 386 g/mol. The molecule has 0 fully saturated rings. The number of carbonyl (C=O) groups is 1. The highest BCUT2D eigenvalue weighted by atomic mass is 79.9. The molecule has 4 rings (SSSR count). The zero-order valence-electron chi connectivity index (χ0n) is 12.8. The summed E-state index contributed by atoms with van der Waals surface area (Å²) in [7, 11) is 1.76. The quantitative estimate of drug-likeness (QED) is 0.669. The number of benzene rings is 1. The summed E-state index contributed by atoms with van der Waals surface area (Å²) in [4.78, 5) is 14.7. The molecule has 1 aromatic carbocycles. The number of aromatic amines is 1. The Hall–Kier alpha value is -2.79. The summed E-state index contributed by atoms with van der Waals surface area (Å²) in [6, 6.07) is 7.65. The Bertz CT molecular complexity index is 987. The normalized spacial score (nSPS) is 21.6. The summed E-state index contributed by atoms with van der Waals surface area (Å²) < 4.78 is 6.16. The first-order chi connectivity index (χ1) is 11.4. The Morgan fingerprint density at radius 1 is 1.50 bits per heavy atom. The molecular weight excluding hydrogens is 374 g/mol. The number of hydrogen-bond donors (Lipinski definition) is 2. The van der Waals surface area contributed by atoms with E-state index in [9.17, 15) is 10.1 Å². The number of carbonyl (C=O) groups excluding carboxylic acids is 1. The van der Waals surface area contributed by atoms with Crippen LogP contribution in [-0.2, 0) is 10.2 Å². The Morgan fingerprint density at radius 3 is 2.96 bits per heavy atom. The van der Waals surface area contributed by atoms with Crippen LogP contribution in [0.1, 0.15) is 16.8 Å². The topological polar surface area (TPSA) is 108 Å². The fraction of sp³-hybridized carbons (Fsp3) is 0.188. The average Bonchev–Trinajstić information content (AvgIpc) is 3.05. The standard InChI is InChI=1S/C16H12BrN5O2/c1-7-12-14(21-20-7)24-15(23)16(12)9-5-8(17)3-4-11(9)22(2)13(19)10(16)6-18/h3-5H,19H2,1-2H3,(H,20,21)/t16-/m0/s1. The van der Waals surface area contributed by atoms with Crippen molar-refractivity contribution in [1.82, 2.24) is 10.2 Å². The van der Waals surface area contributed by atoms with Crippen LogP contribution in [0.3, 0.4) is 0 Å². The van der Waals surface area contributed by atoms with Crippen LogP contribution < -0.4 is 15.4 Å². The van der Waals surface area contributed by atoms with Gasteiger partial charge in [-0.1, -0.05) is 15.9 Å². The molecule has 2 aliphatic rings. The predicted octanol–water partition coefficient (Wildman–Crippen LogP) is 1.83. The number of nitriles is 1. The Balaban J connectivity index is 2.21. The number of hydrogen-bond acceptors (Lipinski definition) is 6. The number of nitrogens with one attached hydrogen (secondary N) is 1. The second-order valence-electron chi connectivity index (χ2n) is 5.76. The molecule has 24 heavy (non-hydrogen) atoms. The molecule has 3 N–H and O–H groups in total. The molecule has 0 saturated carbocycles. The van der Waals surface area contributed by atoms with Gasteiger partial charge in [-0.2, -0.15) is 5.26 Å². The minimum Gasteiger partial charge on any atom is -0.404 e. The molecule has 0 bridgehead atoms. The van der Waals surface area contributed by atoms with Crippen molar-refractivity contribution in [2.24, 2.45) is 5.73 Å². The number of H-pyrrole nitrogens is 1. The van der Waals surface area contributed by atoms with Gasteiger partial charge in [0.2, 0.25) is 5.88 Å². The van der Waals surface area contributed by atoms with Gasteiger partial charge in [-0.05, 0) is 25.1 Å². The van der Waals surface area contributed by atoms with E-state index in [-0.39, 0.29) is 17.3 Å². The second-order valence-corrected chi connectivity index (χ2v) is 6.68. The van der Waals surface area contributed by atoms with Crippen molar-refractivity contribution in [2.45, 2.75) is 12.3 Å². The lowest BCUT2D eigenvalue weighted by atomic mass is 9.68. The largest absolute Gasteiger partial charge is 0.404 e. The zero-order valence-corrected chi connectivity index (χ0v) is 14.4. The minimum absolute atomic E-state index is 0.142. The maximum Gasteiger partial charge on any atom is 0.333 e. The number of aromatic nitrogens is 2. The molecule has 120 valence electrons. The first kappa shape index (κ1) is 14.8. The van der Waals surface area contributed by atoms with Gasteiger partial charge in [0.25, 0.3) is 0 Å². The fourth-order valence-electron chi connectivity index (χ4n) is 3.53. The predicted molar refractivity (Wildman–Crippen MR) is 89.1 cm³/mol. The van der Waals surface area contributed by atoms with E-state index in [1.807, 2.05) is 18.2 Å². The maximum absolute atomic E-state index is 13.0. The lowest BCUT2D eigenvalue weighted by Gasteiger charge is -2.38. The Kier molecular flexibility index (Phi) is 2.84. The number of fused-ring (bicyclic) bond motifs is 4. The van der Waals surface area contributed by atoms with Gasteiger partial charge in [-0.25, -0.2) is 4.79 Å². The van der Waals surface area contributed by atoms with Crippen molar-refractivity contribution in [1.29, 1.82) is 5.26 Å². The molecule has 1 atom stereocenters. The van der Waals surface area contributed by atoms with Crippen molar-refractivity contribution in [2.75, 3.05) is 11.9 Å². The van der Waals surface area contributed by atoms with Crippen LogP contribution in [0.5, 0.6) is 5.88 Å². The van der Waals surface area contributed by atoms with Gasteiger partial charge >= 0.3 is 5.97 Å². The van der Waals surface area contributed by atoms with Crippen LogP contribution in [0, 0.1) is 18.3 Å². The van der Waals surface area contributed by atoms with Crippen LogP contribution in [-0.4, -0.2) is 23.2 Å². The molecule has 0 radical (unpaired) electrons. The Morgan fingerprint density at radius 2 is 2.25 bits per heavy atom. The highest BCUT2D eigenvalue weighted by Gasteiger charge is 2.60. The van der Waals surface area contributed by atoms with E-state index >= 15 is 0 Å². The molecule has 0 amide bonds. The molecule has 2 aromatic rings. The molecule has 1 aromatic heterocycles. The lowest BCUT2D eigenvalue weighted by Crippen LogP contribution is -2.46. The Labute approximate surface area is 145 Å². The summed E-state index contributed by atoms with van der Waals surface area (Å²) in [5.41, 5.74) is 7.52. The highest BCUT2D eigenvalue weighted by Crippen LogP contribution is 2.55. The van der Waals surface area contributed by atoms with Crippen molar-refractivity contribution >= 4 is 27.6 Å². The van der Waals surface area contributed by atoms with Gasteiger partial charge in [0, 0.05) is 28.5 Å². The van der Waals surface area contributed by atoms with Crippen molar-refractivity contribution in [3.8, 4) is 11.9 Å². The van der Waals surface area contributed by atoms with Crippen LogP contribution in [0.2, 0.25) is 0 Å². The third kappa shape index (κ3) is 1.50. The molecule has 8 heteroatoms. The van der Waals surface area contributed by atoms with Crippen LogP contribution in [0.25, 0.3) is 0 Å². The SMILES string of the molecule is Cc1[nH]nc2c1[C@@]1(C(=O)O2)C(C#N)=C(N)N(C)c2ccc(Br)cc21. The zero-order chi connectivity index (χ0) is 17.2. The number of nitrogens with two attached hydrogens (primary N) is 1. The minimum atomic E-state index is -1.41. The maximum atomic E-state index is 13.0. The van der Waals surface area contributed by atoms with Gasteiger partial charge in [-0.15, -0.1) is 5.10 Å². The molecule has 0 unspecified atom stereocenters. The first-order valence-corrected chi connectivity index (χ1v) is 7.94. The molecule has 7 nitrogen and oxygen atoms in total. The molecule has 3 heterocycles. The molecule has 0 saturated heterocycles. The van der Waals surface area contributed by atoms with Crippen molar-refractivity contribution in [3.05, 3.63) is 50.9 Å². The van der Waals surface area contributed by atoms with E-state index in [2.05, 4.69) is 32.2 Å². The smallest absolute Gasteiger partial charge is 0.333 e. The van der Waals surface area contributed by atoms with E-state index in [0.29, 0.717) is 16.8 Å². The highest BCUT2D eigenvalue weighted by molar-refractivity contribution is 9.10. The summed E-state index contributed by atoms with van der Waals surface area (Å²) >= 11 is 3.44. The monoisotopic (exact) mass is 385 g/mol. The van der Waals surface area contributed by atoms with E-state index in [1.165, 1.54) is 0 Å². The van der Waals surface area contributed by atoms with E-state index in [1.54, 1.807) is 18.9 Å². The number of rotatable bonds is 0. The summed E-state index contributed by atoms with van der Waals surface area (Å²) in [5, 5.41) is 16.7. The van der Waals surface area contributed by atoms with E-state index < -0.39 is 11.4 Å². The number of aryl methyl sites for hydroxylation is 1. The van der Waals surface area contributed by atoms with Gasteiger partial charge in [-0.3, -0.25) is 5.10 Å². The van der Waals surface area contributed by atoms with Crippen molar-refractivity contribution < 1.29 is 9.53 Å². The third-order valence-corrected chi connectivity index (χ3v) is 5.11. The van der Waals surface area contributed by atoms with Gasteiger partial charge in [0.05, 0.1) is 11.1 Å². The first-order valence-electron chi connectivity index (χ1n) is 7.14. The van der Waals surface area contributed by atoms with Crippen LogP contribution >= 0.6 is 15.9 Å². The van der Waals surface area contributed by atoms with Crippen LogP contribution in [0.15, 0.2) is 34.1 Å². The van der Waals surface area contributed by atoms with Gasteiger partial charge in [0.1, 0.15) is 11.9 Å².